The first-order valence-electron chi connectivity index (χ1n) is 6.10. The molecule has 1 aromatic heterocycles. The van der Waals surface area contributed by atoms with E-state index in [1.54, 1.807) is 0 Å². The molecule has 0 spiro atoms. The summed E-state index contributed by atoms with van der Waals surface area (Å²) in [6.07, 6.45) is 0.636. The van der Waals surface area contributed by atoms with Crippen molar-refractivity contribution in [3.63, 3.8) is 0 Å². The topological polar surface area (TPSA) is 53.4 Å². The lowest BCUT2D eigenvalue weighted by molar-refractivity contribution is 0.0701. The van der Waals surface area contributed by atoms with Crippen LogP contribution < -0.4 is 4.90 Å². The highest BCUT2D eigenvalue weighted by atomic mass is 32.1. The number of aromatic nitrogens is 1. The molecule has 0 saturated carbocycles. The van der Waals surface area contributed by atoms with E-state index in [0.29, 0.717) is 17.0 Å². The molecule has 0 radical (unpaired) electrons. The Balaban J connectivity index is 2.20. The number of rotatable bonds is 5. The van der Waals surface area contributed by atoms with Gasteiger partial charge in [-0.25, -0.2) is 9.78 Å². The van der Waals surface area contributed by atoms with Crippen molar-refractivity contribution in [2.45, 2.75) is 19.9 Å². The predicted octanol–water partition coefficient (Wildman–Crippen LogP) is 3.04. The lowest BCUT2D eigenvalue weighted by Crippen LogP contribution is -2.15. The summed E-state index contributed by atoms with van der Waals surface area (Å²) >= 11 is 1.23. The molecule has 0 fully saturated rings. The molecule has 1 aromatic carbocycles. The second-order valence-corrected chi connectivity index (χ2v) is 5.25. The van der Waals surface area contributed by atoms with Crippen LogP contribution in [0.4, 0.5) is 5.13 Å². The number of carbonyl (C=O) groups is 1. The van der Waals surface area contributed by atoms with Gasteiger partial charge >= 0.3 is 5.97 Å². The van der Waals surface area contributed by atoms with Gasteiger partial charge in [0.15, 0.2) is 5.13 Å². The minimum atomic E-state index is -0.895. The van der Waals surface area contributed by atoms with Crippen molar-refractivity contribution in [1.82, 2.24) is 4.98 Å². The molecular weight excluding hydrogens is 260 g/mol. The Morgan fingerprint density at radius 1 is 1.37 bits per heavy atom. The number of carboxylic acid groups (broad SMARTS) is 1. The number of anilines is 1. The highest BCUT2D eigenvalue weighted by molar-refractivity contribution is 7.17. The van der Waals surface area contributed by atoms with Gasteiger partial charge < -0.3 is 10.0 Å². The Hall–Kier alpha value is -1.88. The fourth-order valence-corrected chi connectivity index (χ4v) is 2.79. The first-order valence-corrected chi connectivity index (χ1v) is 6.91. The van der Waals surface area contributed by atoms with Gasteiger partial charge in [0.05, 0.1) is 5.69 Å². The second-order valence-electron chi connectivity index (χ2n) is 4.27. The Morgan fingerprint density at radius 2 is 2.05 bits per heavy atom. The van der Waals surface area contributed by atoms with E-state index in [-0.39, 0.29) is 0 Å². The highest BCUT2D eigenvalue weighted by Crippen LogP contribution is 2.27. The van der Waals surface area contributed by atoms with Crippen LogP contribution in [-0.4, -0.2) is 23.1 Å². The van der Waals surface area contributed by atoms with Crippen LogP contribution in [0.1, 0.15) is 27.9 Å². The molecule has 2 rings (SSSR count). The fourth-order valence-electron chi connectivity index (χ4n) is 1.83. The maximum absolute atomic E-state index is 11.1. The average Bonchev–Trinajstić information content (AvgIpc) is 2.84. The molecule has 5 heteroatoms. The Morgan fingerprint density at radius 3 is 2.58 bits per heavy atom. The third kappa shape index (κ3) is 3.12. The molecule has 0 unspecified atom stereocenters. The summed E-state index contributed by atoms with van der Waals surface area (Å²) in [6.45, 7) is 2.64. The molecule has 2 aromatic rings. The molecule has 0 aliphatic heterocycles. The summed E-state index contributed by atoms with van der Waals surface area (Å²) in [5.74, 6) is -0.895. The summed E-state index contributed by atoms with van der Waals surface area (Å²) in [4.78, 5) is 17.9. The summed E-state index contributed by atoms with van der Waals surface area (Å²) in [7, 11) is 1.93. The van der Waals surface area contributed by atoms with Gasteiger partial charge in [-0.15, -0.1) is 0 Å². The van der Waals surface area contributed by atoms with Crippen LogP contribution in [0.3, 0.4) is 0 Å². The standard InChI is InChI=1S/C14H16N2O2S/c1-3-11-12(13(17)18)19-14(15-11)16(2)9-10-7-5-4-6-8-10/h4-8H,3,9H2,1-2H3,(H,17,18). The quantitative estimate of drug-likeness (QED) is 0.912. The van der Waals surface area contributed by atoms with Crippen molar-refractivity contribution < 1.29 is 9.90 Å². The number of hydrogen-bond acceptors (Lipinski definition) is 4. The molecule has 0 aliphatic carbocycles. The van der Waals surface area contributed by atoms with Crippen LogP contribution in [0.25, 0.3) is 0 Å². The first-order chi connectivity index (χ1) is 9.11. The van der Waals surface area contributed by atoms with E-state index in [4.69, 9.17) is 5.11 Å². The van der Waals surface area contributed by atoms with Gasteiger partial charge in [0.25, 0.3) is 0 Å². The summed E-state index contributed by atoms with van der Waals surface area (Å²) < 4.78 is 0. The first kappa shape index (κ1) is 13.5. The number of carboxylic acids is 1. The maximum atomic E-state index is 11.1. The number of nitrogens with zero attached hydrogens (tertiary/aromatic N) is 2. The number of aryl methyl sites for hydroxylation is 1. The Bertz CT molecular complexity index is 566. The average molecular weight is 276 g/mol. The van der Waals surface area contributed by atoms with E-state index in [0.717, 1.165) is 11.7 Å². The predicted molar refractivity (Wildman–Crippen MR) is 77.0 cm³/mol. The molecular formula is C14H16N2O2S. The third-order valence-electron chi connectivity index (χ3n) is 2.80. The fraction of sp³-hybridized carbons (Fsp3) is 0.286. The Labute approximate surface area is 116 Å². The normalized spacial score (nSPS) is 10.4. The van der Waals surface area contributed by atoms with Crippen molar-refractivity contribution in [2.24, 2.45) is 0 Å². The van der Waals surface area contributed by atoms with Gasteiger partial charge in [-0.05, 0) is 12.0 Å². The monoisotopic (exact) mass is 276 g/mol. The van der Waals surface area contributed by atoms with Crippen molar-refractivity contribution in [3.05, 3.63) is 46.5 Å². The van der Waals surface area contributed by atoms with Crippen LogP contribution in [0.2, 0.25) is 0 Å². The van der Waals surface area contributed by atoms with Crippen LogP contribution in [0, 0.1) is 0 Å². The SMILES string of the molecule is CCc1nc(N(C)Cc2ccccc2)sc1C(=O)O. The molecule has 4 nitrogen and oxygen atoms in total. The zero-order valence-corrected chi connectivity index (χ0v) is 11.8. The van der Waals surface area contributed by atoms with Gasteiger partial charge in [-0.3, -0.25) is 0 Å². The molecule has 0 amide bonds. The van der Waals surface area contributed by atoms with E-state index in [2.05, 4.69) is 4.98 Å². The van der Waals surface area contributed by atoms with E-state index in [9.17, 15) is 4.79 Å². The maximum Gasteiger partial charge on any atom is 0.347 e. The van der Waals surface area contributed by atoms with E-state index >= 15 is 0 Å². The van der Waals surface area contributed by atoms with Crippen LogP contribution in [0.15, 0.2) is 30.3 Å². The van der Waals surface area contributed by atoms with Crippen molar-refractivity contribution in [3.8, 4) is 0 Å². The number of benzene rings is 1. The minimum absolute atomic E-state index is 0.345. The van der Waals surface area contributed by atoms with Crippen molar-refractivity contribution >= 4 is 22.4 Å². The molecule has 0 saturated heterocycles. The van der Waals surface area contributed by atoms with E-state index < -0.39 is 5.97 Å². The second kappa shape index (κ2) is 5.84. The number of thiazole rings is 1. The van der Waals surface area contributed by atoms with Gasteiger partial charge in [0.1, 0.15) is 4.88 Å². The smallest absolute Gasteiger partial charge is 0.347 e. The zero-order valence-electron chi connectivity index (χ0n) is 11.0. The zero-order chi connectivity index (χ0) is 13.8. The Kier molecular flexibility index (Phi) is 4.16. The van der Waals surface area contributed by atoms with Crippen LogP contribution in [0.5, 0.6) is 0 Å². The van der Waals surface area contributed by atoms with Crippen LogP contribution in [-0.2, 0) is 13.0 Å². The summed E-state index contributed by atoms with van der Waals surface area (Å²) in [5.41, 5.74) is 1.84. The van der Waals surface area contributed by atoms with Crippen molar-refractivity contribution in [2.75, 3.05) is 11.9 Å². The molecule has 0 aliphatic rings. The van der Waals surface area contributed by atoms with Gasteiger partial charge in [0.2, 0.25) is 0 Å². The van der Waals surface area contributed by atoms with Gasteiger partial charge in [0, 0.05) is 13.6 Å². The van der Waals surface area contributed by atoms with E-state index in [1.807, 2.05) is 49.2 Å². The van der Waals surface area contributed by atoms with E-state index in [1.165, 1.54) is 16.9 Å². The molecule has 0 bridgehead atoms. The minimum Gasteiger partial charge on any atom is -0.477 e. The molecule has 19 heavy (non-hydrogen) atoms. The molecule has 0 atom stereocenters. The highest BCUT2D eigenvalue weighted by Gasteiger charge is 2.17. The summed E-state index contributed by atoms with van der Waals surface area (Å²) in [5, 5.41) is 9.88. The van der Waals surface area contributed by atoms with Gasteiger partial charge in [-0.1, -0.05) is 48.6 Å². The largest absolute Gasteiger partial charge is 0.477 e. The molecule has 1 heterocycles. The van der Waals surface area contributed by atoms with Crippen LogP contribution >= 0.6 is 11.3 Å². The van der Waals surface area contributed by atoms with Gasteiger partial charge in [-0.2, -0.15) is 0 Å². The molecule has 100 valence electrons. The van der Waals surface area contributed by atoms with Crippen molar-refractivity contribution in [1.29, 1.82) is 0 Å². The molecule has 1 N–H and O–H groups in total. The lowest BCUT2D eigenvalue weighted by atomic mass is 10.2. The summed E-state index contributed by atoms with van der Waals surface area (Å²) in [6, 6.07) is 10.0. The third-order valence-corrected chi connectivity index (χ3v) is 4.00. The number of hydrogen-bond donors (Lipinski definition) is 1. The lowest BCUT2D eigenvalue weighted by Gasteiger charge is -2.15. The number of aromatic carboxylic acids is 1.